The van der Waals surface area contributed by atoms with Crippen LogP contribution >= 0.6 is 0 Å². The van der Waals surface area contributed by atoms with E-state index in [1.165, 1.54) is 19.2 Å². The number of hydrogen-bond donors (Lipinski definition) is 2. The van der Waals surface area contributed by atoms with Crippen molar-refractivity contribution in [2.45, 2.75) is 6.92 Å². The van der Waals surface area contributed by atoms with Gasteiger partial charge >= 0.3 is 0 Å². The second kappa shape index (κ2) is 6.55. The van der Waals surface area contributed by atoms with Gasteiger partial charge in [-0.25, -0.2) is 12.8 Å². The Morgan fingerprint density at radius 3 is 2.72 bits per heavy atom. The zero-order valence-electron chi connectivity index (χ0n) is 10.4. The van der Waals surface area contributed by atoms with Gasteiger partial charge in [0.1, 0.15) is 11.6 Å². The van der Waals surface area contributed by atoms with E-state index in [0.29, 0.717) is 13.1 Å². The average molecular weight is 276 g/mol. The van der Waals surface area contributed by atoms with E-state index in [-0.39, 0.29) is 17.2 Å². The maximum absolute atomic E-state index is 12.9. The van der Waals surface area contributed by atoms with Gasteiger partial charge in [-0.2, -0.15) is 0 Å². The highest BCUT2D eigenvalue weighted by atomic mass is 32.2. The molecule has 0 aliphatic carbocycles. The van der Waals surface area contributed by atoms with Gasteiger partial charge in [0.15, 0.2) is 0 Å². The van der Waals surface area contributed by atoms with Gasteiger partial charge in [0.05, 0.1) is 18.6 Å². The van der Waals surface area contributed by atoms with Crippen molar-refractivity contribution in [3.63, 3.8) is 0 Å². The van der Waals surface area contributed by atoms with Crippen molar-refractivity contribution in [1.82, 2.24) is 5.32 Å². The van der Waals surface area contributed by atoms with Crippen LogP contribution in [-0.4, -0.2) is 34.4 Å². The first kappa shape index (κ1) is 14.7. The molecule has 0 atom stereocenters. The number of hydrogen-bond acceptors (Lipinski definition) is 4. The van der Waals surface area contributed by atoms with E-state index in [9.17, 15) is 12.8 Å². The van der Waals surface area contributed by atoms with Gasteiger partial charge in [0.2, 0.25) is 10.0 Å². The molecule has 0 aliphatic rings. The van der Waals surface area contributed by atoms with E-state index in [1.807, 2.05) is 6.92 Å². The van der Waals surface area contributed by atoms with E-state index in [1.54, 1.807) is 0 Å². The fraction of sp³-hybridized carbons (Fsp3) is 0.455. The highest BCUT2D eigenvalue weighted by Gasteiger charge is 2.13. The number of ether oxygens (including phenoxy) is 1. The Morgan fingerprint density at radius 1 is 1.39 bits per heavy atom. The first-order valence-corrected chi connectivity index (χ1v) is 7.18. The van der Waals surface area contributed by atoms with Crippen LogP contribution in [0.25, 0.3) is 0 Å². The number of benzene rings is 1. The molecule has 0 saturated carbocycles. The average Bonchev–Trinajstić information content (AvgIpc) is 2.31. The molecule has 1 aromatic carbocycles. The summed E-state index contributed by atoms with van der Waals surface area (Å²) in [7, 11) is -2.11. The van der Waals surface area contributed by atoms with Crippen molar-refractivity contribution in [2.75, 3.05) is 30.7 Å². The minimum atomic E-state index is -3.47. The molecule has 0 heterocycles. The standard InChI is InChI=1S/C11H17FN2O3S/c1-3-13-6-7-18(15,16)14-10-5-4-9(12)8-11(10)17-2/h4-5,8,13-14H,3,6-7H2,1-2H3. The Bertz CT molecular complexity index is 491. The van der Waals surface area contributed by atoms with Crippen LogP contribution < -0.4 is 14.8 Å². The lowest BCUT2D eigenvalue weighted by Gasteiger charge is -2.11. The summed E-state index contributed by atoms with van der Waals surface area (Å²) in [4.78, 5) is 0. The van der Waals surface area contributed by atoms with Gasteiger partial charge in [0, 0.05) is 12.6 Å². The molecule has 1 rings (SSSR count). The lowest BCUT2D eigenvalue weighted by molar-refractivity contribution is 0.413. The van der Waals surface area contributed by atoms with E-state index in [4.69, 9.17) is 4.74 Å². The quantitative estimate of drug-likeness (QED) is 0.734. The fourth-order valence-electron chi connectivity index (χ4n) is 1.35. The molecular weight excluding hydrogens is 259 g/mol. The van der Waals surface area contributed by atoms with Gasteiger partial charge in [-0.3, -0.25) is 4.72 Å². The lowest BCUT2D eigenvalue weighted by Crippen LogP contribution is -2.26. The second-order valence-electron chi connectivity index (χ2n) is 3.62. The third kappa shape index (κ3) is 4.50. The molecule has 102 valence electrons. The molecule has 0 spiro atoms. The first-order chi connectivity index (χ1) is 8.48. The third-order valence-electron chi connectivity index (χ3n) is 2.23. The molecule has 1 aromatic rings. The van der Waals surface area contributed by atoms with E-state index < -0.39 is 15.8 Å². The van der Waals surface area contributed by atoms with Crippen molar-refractivity contribution in [3.8, 4) is 5.75 Å². The number of anilines is 1. The predicted octanol–water partition coefficient (Wildman–Crippen LogP) is 1.19. The Balaban J connectivity index is 2.77. The maximum atomic E-state index is 12.9. The molecule has 0 amide bonds. The molecule has 0 aliphatic heterocycles. The first-order valence-electron chi connectivity index (χ1n) is 5.53. The van der Waals surface area contributed by atoms with Crippen molar-refractivity contribution < 1.29 is 17.5 Å². The summed E-state index contributed by atoms with van der Waals surface area (Å²) in [6.07, 6.45) is 0. The topological polar surface area (TPSA) is 67.4 Å². The summed E-state index contributed by atoms with van der Waals surface area (Å²) >= 11 is 0. The van der Waals surface area contributed by atoms with E-state index >= 15 is 0 Å². The van der Waals surface area contributed by atoms with Gasteiger partial charge < -0.3 is 10.1 Å². The fourth-order valence-corrected chi connectivity index (χ4v) is 2.37. The summed E-state index contributed by atoms with van der Waals surface area (Å²) in [6, 6.07) is 3.63. The predicted molar refractivity (Wildman–Crippen MR) is 68.9 cm³/mol. The van der Waals surface area contributed by atoms with Crippen molar-refractivity contribution in [3.05, 3.63) is 24.0 Å². The monoisotopic (exact) mass is 276 g/mol. The maximum Gasteiger partial charge on any atom is 0.234 e. The van der Waals surface area contributed by atoms with Gasteiger partial charge in [-0.05, 0) is 18.7 Å². The van der Waals surface area contributed by atoms with E-state index in [2.05, 4.69) is 10.0 Å². The second-order valence-corrected chi connectivity index (χ2v) is 5.46. The Morgan fingerprint density at radius 2 is 2.11 bits per heavy atom. The molecule has 7 heteroatoms. The highest BCUT2D eigenvalue weighted by molar-refractivity contribution is 7.92. The minimum absolute atomic E-state index is 0.0542. The number of sulfonamides is 1. The normalized spacial score (nSPS) is 11.3. The molecule has 0 unspecified atom stereocenters. The Kier molecular flexibility index (Phi) is 5.36. The zero-order chi connectivity index (χ0) is 13.6. The van der Waals surface area contributed by atoms with Crippen LogP contribution in [0.4, 0.5) is 10.1 Å². The molecule has 0 aromatic heterocycles. The van der Waals surface area contributed by atoms with Crippen molar-refractivity contribution in [2.24, 2.45) is 0 Å². The summed E-state index contributed by atoms with van der Waals surface area (Å²) in [6.45, 7) is 2.95. The van der Waals surface area contributed by atoms with Crippen LogP contribution in [0, 0.1) is 5.82 Å². The van der Waals surface area contributed by atoms with Crippen molar-refractivity contribution >= 4 is 15.7 Å². The summed E-state index contributed by atoms with van der Waals surface area (Å²) in [5, 5.41) is 2.92. The SMILES string of the molecule is CCNCCS(=O)(=O)Nc1ccc(F)cc1OC. The smallest absolute Gasteiger partial charge is 0.234 e. The number of nitrogens with one attached hydrogen (secondary N) is 2. The molecule has 0 radical (unpaired) electrons. The van der Waals surface area contributed by atoms with Crippen molar-refractivity contribution in [1.29, 1.82) is 0 Å². The number of methoxy groups -OCH3 is 1. The van der Waals surface area contributed by atoms with E-state index in [0.717, 1.165) is 6.07 Å². The van der Waals surface area contributed by atoms with Crippen LogP contribution in [-0.2, 0) is 10.0 Å². The van der Waals surface area contributed by atoms with Crippen LogP contribution in [0.5, 0.6) is 5.75 Å². The minimum Gasteiger partial charge on any atom is -0.494 e. The molecule has 5 nitrogen and oxygen atoms in total. The van der Waals surface area contributed by atoms with Crippen LogP contribution in [0.15, 0.2) is 18.2 Å². The third-order valence-corrected chi connectivity index (χ3v) is 3.50. The Labute approximate surface area is 106 Å². The highest BCUT2D eigenvalue weighted by Crippen LogP contribution is 2.25. The van der Waals surface area contributed by atoms with Gasteiger partial charge in [0.25, 0.3) is 0 Å². The molecule has 0 saturated heterocycles. The van der Waals surface area contributed by atoms with Gasteiger partial charge in [-0.15, -0.1) is 0 Å². The van der Waals surface area contributed by atoms with Crippen LogP contribution in [0.3, 0.4) is 0 Å². The molecule has 0 bridgehead atoms. The largest absolute Gasteiger partial charge is 0.494 e. The summed E-state index contributed by atoms with van der Waals surface area (Å²) in [5.41, 5.74) is 0.232. The lowest BCUT2D eigenvalue weighted by atomic mass is 10.3. The summed E-state index contributed by atoms with van der Waals surface area (Å²) in [5.74, 6) is -0.383. The van der Waals surface area contributed by atoms with Crippen LogP contribution in [0.2, 0.25) is 0 Å². The Hall–Kier alpha value is -1.34. The zero-order valence-corrected chi connectivity index (χ0v) is 11.2. The van der Waals surface area contributed by atoms with Gasteiger partial charge in [-0.1, -0.05) is 6.92 Å². The molecular formula is C11H17FN2O3S. The number of rotatable bonds is 7. The van der Waals surface area contributed by atoms with Crippen LogP contribution in [0.1, 0.15) is 6.92 Å². The molecule has 0 fully saturated rings. The number of halogens is 1. The molecule has 2 N–H and O–H groups in total. The molecule has 18 heavy (non-hydrogen) atoms. The summed E-state index contributed by atoms with van der Waals surface area (Å²) < 4.78 is 43.7.